The molecule has 2 aromatic carbocycles. The molecule has 0 aliphatic rings. The van der Waals surface area contributed by atoms with Crippen LogP contribution in [0.3, 0.4) is 0 Å². The SMILES string of the molecule is COc1ccccc1CC(=O)Nc1cc(C(=O)Nc2cnn(C)n2)c(F)cc1F. The first-order chi connectivity index (χ1) is 13.9. The summed E-state index contributed by atoms with van der Waals surface area (Å²) in [6.07, 6.45) is 1.18. The minimum Gasteiger partial charge on any atom is -0.496 e. The molecule has 0 saturated carbocycles. The van der Waals surface area contributed by atoms with E-state index in [1.54, 1.807) is 31.3 Å². The van der Waals surface area contributed by atoms with Crippen LogP contribution in [0.25, 0.3) is 0 Å². The number of carbonyl (C=O) groups excluding carboxylic acids is 2. The molecule has 0 saturated heterocycles. The summed E-state index contributed by atoms with van der Waals surface area (Å²) in [7, 11) is 3.02. The Morgan fingerprint density at radius 3 is 2.59 bits per heavy atom. The van der Waals surface area contributed by atoms with Crippen LogP contribution in [0, 0.1) is 11.6 Å². The normalized spacial score (nSPS) is 10.5. The van der Waals surface area contributed by atoms with Crippen molar-refractivity contribution in [3.63, 3.8) is 0 Å². The summed E-state index contributed by atoms with van der Waals surface area (Å²) < 4.78 is 33.4. The van der Waals surface area contributed by atoms with Crippen LogP contribution in [0.15, 0.2) is 42.6 Å². The molecule has 3 aromatic rings. The van der Waals surface area contributed by atoms with E-state index in [2.05, 4.69) is 20.8 Å². The average molecular weight is 401 g/mol. The second-order valence-electron chi connectivity index (χ2n) is 6.02. The van der Waals surface area contributed by atoms with Crippen molar-refractivity contribution in [1.82, 2.24) is 15.0 Å². The number of halogens is 2. The number of benzene rings is 2. The van der Waals surface area contributed by atoms with Gasteiger partial charge in [-0.05, 0) is 12.1 Å². The van der Waals surface area contributed by atoms with Gasteiger partial charge in [0.2, 0.25) is 5.91 Å². The maximum absolute atomic E-state index is 14.1. The quantitative estimate of drug-likeness (QED) is 0.662. The van der Waals surface area contributed by atoms with Gasteiger partial charge in [-0.15, -0.1) is 5.10 Å². The monoisotopic (exact) mass is 401 g/mol. The Morgan fingerprint density at radius 1 is 1.14 bits per heavy atom. The highest BCUT2D eigenvalue weighted by atomic mass is 19.1. The van der Waals surface area contributed by atoms with E-state index in [9.17, 15) is 18.4 Å². The first kappa shape index (κ1) is 19.9. The molecule has 10 heteroatoms. The molecule has 0 atom stereocenters. The lowest BCUT2D eigenvalue weighted by molar-refractivity contribution is -0.115. The van der Waals surface area contributed by atoms with Crippen LogP contribution in [-0.4, -0.2) is 33.9 Å². The Kier molecular flexibility index (Phi) is 5.82. The number of aryl methyl sites for hydroxylation is 1. The van der Waals surface area contributed by atoms with Gasteiger partial charge in [0, 0.05) is 18.7 Å². The molecule has 2 amide bonds. The van der Waals surface area contributed by atoms with Gasteiger partial charge in [0.05, 0.1) is 31.0 Å². The number of hydrogen-bond acceptors (Lipinski definition) is 5. The summed E-state index contributed by atoms with van der Waals surface area (Å²) in [5.41, 5.74) is -0.184. The molecule has 0 aliphatic heterocycles. The molecule has 0 bridgehead atoms. The Morgan fingerprint density at radius 2 is 1.90 bits per heavy atom. The van der Waals surface area contributed by atoms with Crippen LogP contribution >= 0.6 is 0 Å². The summed E-state index contributed by atoms with van der Waals surface area (Å²) in [6.45, 7) is 0. The number of aromatic nitrogens is 3. The van der Waals surface area contributed by atoms with Crippen LogP contribution in [0.4, 0.5) is 20.3 Å². The molecule has 0 unspecified atom stereocenters. The van der Waals surface area contributed by atoms with Gasteiger partial charge in [-0.2, -0.15) is 9.90 Å². The van der Waals surface area contributed by atoms with Crippen molar-refractivity contribution >= 4 is 23.3 Å². The number of carbonyl (C=O) groups is 2. The molecule has 0 aliphatic carbocycles. The smallest absolute Gasteiger partial charge is 0.259 e. The number of methoxy groups -OCH3 is 1. The lowest BCUT2D eigenvalue weighted by Gasteiger charge is -2.11. The predicted molar refractivity (Wildman–Crippen MR) is 101 cm³/mol. The molecule has 0 radical (unpaired) electrons. The van der Waals surface area contributed by atoms with E-state index in [4.69, 9.17) is 4.74 Å². The number of nitrogens with one attached hydrogen (secondary N) is 2. The largest absolute Gasteiger partial charge is 0.496 e. The summed E-state index contributed by atoms with van der Waals surface area (Å²) in [6, 6.07) is 8.33. The van der Waals surface area contributed by atoms with Crippen LogP contribution in [0.2, 0.25) is 0 Å². The molecule has 29 heavy (non-hydrogen) atoms. The number of rotatable bonds is 6. The summed E-state index contributed by atoms with van der Waals surface area (Å²) >= 11 is 0. The Labute approximate surface area is 164 Å². The van der Waals surface area contributed by atoms with Gasteiger partial charge in [0.1, 0.15) is 17.4 Å². The number of nitrogens with zero attached hydrogens (tertiary/aromatic N) is 3. The van der Waals surface area contributed by atoms with Crippen molar-refractivity contribution in [2.24, 2.45) is 7.05 Å². The van der Waals surface area contributed by atoms with Gasteiger partial charge >= 0.3 is 0 Å². The lowest BCUT2D eigenvalue weighted by atomic mass is 10.1. The van der Waals surface area contributed by atoms with Crippen LogP contribution in [0.5, 0.6) is 5.75 Å². The minimum atomic E-state index is -1.08. The van der Waals surface area contributed by atoms with Crippen molar-refractivity contribution in [3.8, 4) is 5.75 Å². The molecule has 3 rings (SSSR count). The molecule has 2 N–H and O–H groups in total. The van der Waals surface area contributed by atoms with Crippen LogP contribution in [-0.2, 0) is 18.3 Å². The predicted octanol–water partition coefficient (Wildman–Crippen LogP) is 2.54. The molecular formula is C19H17F2N5O3. The van der Waals surface area contributed by atoms with Gasteiger partial charge < -0.3 is 15.4 Å². The van der Waals surface area contributed by atoms with E-state index < -0.39 is 29.0 Å². The van der Waals surface area contributed by atoms with E-state index in [1.807, 2.05) is 0 Å². The Bertz CT molecular complexity index is 1070. The maximum Gasteiger partial charge on any atom is 0.259 e. The van der Waals surface area contributed by atoms with Gasteiger partial charge in [0.25, 0.3) is 5.91 Å². The summed E-state index contributed by atoms with van der Waals surface area (Å²) in [5.74, 6) is -2.89. The van der Waals surface area contributed by atoms with Crippen molar-refractivity contribution < 1.29 is 23.1 Å². The zero-order valence-corrected chi connectivity index (χ0v) is 15.6. The maximum atomic E-state index is 14.1. The third kappa shape index (κ3) is 4.72. The average Bonchev–Trinajstić information content (AvgIpc) is 3.08. The molecular weight excluding hydrogens is 384 g/mol. The molecule has 0 spiro atoms. The molecule has 0 fully saturated rings. The van der Waals surface area contributed by atoms with Crippen molar-refractivity contribution in [2.45, 2.75) is 6.42 Å². The van der Waals surface area contributed by atoms with Gasteiger partial charge in [-0.1, -0.05) is 18.2 Å². The number of anilines is 2. The Hall–Kier alpha value is -3.82. The summed E-state index contributed by atoms with van der Waals surface area (Å²) in [4.78, 5) is 25.8. The zero-order chi connectivity index (χ0) is 21.0. The molecule has 8 nitrogen and oxygen atoms in total. The molecule has 1 heterocycles. The van der Waals surface area contributed by atoms with Gasteiger partial charge in [0.15, 0.2) is 5.82 Å². The van der Waals surface area contributed by atoms with Crippen molar-refractivity contribution in [1.29, 1.82) is 0 Å². The van der Waals surface area contributed by atoms with E-state index in [1.165, 1.54) is 18.1 Å². The molecule has 150 valence electrons. The van der Waals surface area contributed by atoms with Gasteiger partial charge in [-0.25, -0.2) is 8.78 Å². The Balaban J connectivity index is 1.78. The van der Waals surface area contributed by atoms with Gasteiger partial charge in [-0.3, -0.25) is 9.59 Å². The van der Waals surface area contributed by atoms with E-state index in [-0.39, 0.29) is 17.9 Å². The highest BCUT2D eigenvalue weighted by Crippen LogP contribution is 2.22. The fourth-order valence-electron chi connectivity index (χ4n) is 2.62. The number of amides is 2. The van der Waals surface area contributed by atoms with E-state index >= 15 is 0 Å². The molecule has 1 aromatic heterocycles. The van der Waals surface area contributed by atoms with E-state index in [0.29, 0.717) is 17.4 Å². The zero-order valence-electron chi connectivity index (χ0n) is 15.6. The number of ether oxygens (including phenoxy) is 1. The second-order valence-corrected chi connectivity index (χ2v) is 6.02. The highest BCUT2D eigenvalue weighted by molar-refractivity contribution is 6.05. The fraction of sp³-hybridized carbons (Fsp3) is 0.158. The first-order valence-corrected chi connectivity index (χ1v) is 8.46. The lowest BCUT2D eigenvalue weighted by Crippen LogP contribution is -2.19. The number of para-hydroxylation sites is 1. The van der Waals surface area contributed by atoms with Crippen molar-refractivity contribution in [3.05, 3.63) is 65.4 Å². The fourth-order valence-corrected chi connectivity index (χ4v) is 2.62. The highest BCUT2D eigenvalue weighted by Gasteiger charge is 2.19. The van der Waals surface area contributed by atoms with Crippen LogP contribution in [0.1, 0.15) is 15.9 Å². The third-order valence-electron chi connectivity index (χ3n) is 3.96. The topological polar surface area (TPSA) is 98.1 Å². The minimum absolute atomic E-state index is 0.0953. The van der Waals surface area contributed by atoms with Crippen molar-refractivity contribution in [2.75, 3.05) is 17.7 Å². The van der Waals surface area contributed by atoms with Crippen LogP contribution < -0.4 is 15.4 Å². The number of hydrogen-bond donors (Lipinski definition) is 2. The third-order valence-corrected chi connectivity index (χ3v) is 3.96. The second kappa shape index (κ2) is 8.46. The summed E-state index contributed by atoms with van der Waals surface area (Å²) in [5, 5.41) is 12.3. The first-order valence-electron chi connectivity index (χ1n) is 8.46. The van der Waals surface area contributed by atoms with E-state index in [0.717, 1.165) is 6.07 Å². The standard InChI is InChI=1S/C19H17F2N5O3/c1-26-22-10-17(25-26)24-19(28)12-8-15(14(21)9-13(12)20)23-18(27)7-11-5-3-4-6-16(11)29-2/h3-6,8-10H,7H2,1-2H3,(H,23,27)(H,24,25,28).